The van der Waals surface area contributed by atoms with Gasteiger partial charge in [0.25, 0.3) is 0 Å². The van der Waals surface area contributed by atoms with Gasteiger partial charge in [0.2, 0.25) is 5.91 Å². The third-order valence-corrected chi connectivity index (χ3v) is 4.81. The fourth-order valence-corrected chi connectivity index (χ4v) is 3.61. The Hall–Kier alpha value is -2.55. The zero-order valence-electron chi connectivity index (χ0n) is 15.1. The van der Waals surface area contributed by atoms with Crippen LogP contribution in [0.5, 0.6) is 0 Å². The van der Waals surface area contributed by atoms with Crippen molar-refractivity contribution >= 4 is 29.9 Å². The number of nitrogens with two attached hydrogens (primary N) is 2. The number of hydrogen-bond donors (Lipinski definition) is 3. The van der Waals surface area contributed by atoms with Gasteiger partial charge in [0.05, 0.1) is 0 Å². The first-order valence-corrected chi connectivity index (χ1v) is 8.61. The first kappa shape index (κ1) is 21.7. The van der Waals surface area contributed by atoms with E-state index in [4.69, 9.17) is 11.5 Å². The molecule has 1 aromatic carbocycles. The molecule has 0 saturated heterocycles. The van der Waals surface area contributed by atoms with E-state index in [0.717, 1.165) is 0 Å². The number of amides is 1. The summed E-state index contributed by atoms with van der Waals surface area (Å²) in [6.07, 6.45) is 2.23. The molecule has 0 radical (unpaired) electrons. The van der Waals surface area contributed by atoms with E-state index < -0.39 is 29.3 Å². The number of carbonyl (C=O) groups is 1. The van der Waals surface area contributed by atoms with Gasteiger partial charge in [-0.2, -0.15) is 0 Å². The third kappa shape index (κ3) is 4.46. The highest BCUT2D eigenvalue weighted by molar-refractivity contribution is 5.94. The summed E-state index contributed by atoms with van der Waals surface area (Å²) >= 11 is 0. The molecule has 6 nitrogen and oxygen atoms in total. The predicted octanol–water partition coefficient (Wildman–Crippen LogP) is 3.44. The van der Waals surface area contributed by atoms with Gasteiger partial charge in [-0.3, -0.25) is 4.79 Å². The number of nitrogens with one attached hydrogen (secondary N) is 1. The maximum Gasteiger partial charge on any atom is 0.249 e. The number of hydrogen-bond acceptors (Lipinski definition) is 5. The van der Waals surface area contributed by atoms with Crippen molar-refractivity contribution < 1.29 is 18.0 Å². The molecular formula is C18H21ClF3N5O. The van der Waals surface area contributed by atoms with Crippen LogP contribution < -0.4 is 16.8 Å². The topological polar surface area (TPSA) is 107 Å². The van der Waals surface area contributed by atoms with Crippen LogP contribution in [-0.4, -0.2) is 21.9 Å². The van der Waals surface area contributed by atoms with E-state index in [9.17, 15) is 18.0 Å². The Balaban J connectivity index is 0.00000280. The normalized spacial score (nSPS) is 19.0. The van der Waals surface area contributed by atoms with Gasteiger partial charge in [-0.25, -0.2) is 23.1 Å². The quantitative estimate of drug-likeness (QED) is 0.663. The monoisotopic (exact) mass is 415 g/mol. The van der Waals surface area contributed by atoms with Crippen LogP contribution in [0, 0.1) is 24.4 Å². The van der Waals surface area contributed by atoms with Crippen molar-refractivity contribution in [3.8, 4) is 0 Å². The summed E-state index contributed by atoms with van der Waals surface area (Å²) in [7, 11) is 0. The lowest BCUT2D eigenvalue weighted by Crippen LogP contribution is -2.28. The molecule has 1 fully saturated rings. The lowest BCUT2D eigenvalue weighted by atomic mass is 9.79. The van der Waals surface area contributed by atoms with Crippen LogP contribution in [0.3, 0.4) is 0 Å². The zero-order valence-corrected chi connectivity index (χ0v) is 16.0. The summed E-state index contributed by atoms with van der Waals surface area (Å²) in [6, 6.07) is 2.35. The van der Waals surface area contributed by atoms with Crippen molar-refractivity contribution in [2.75, 3.05) is 11.1 Å². The van der Waals surface area contributed by atoms with Gasteiger partial charge in [0, 0.05) is 23.2 Å². The summed E-state index contributed by atoms with van der Waals surface area (Å²) < 4.78 is 41.5. The lowest BCUT2D eigenvalue weighted by Gasteiger charge is -2.30. The molecule has 1 aromatic heterocycles. The van der Waals surface area contributed by atoms with E-state index in [1.807, 2.05) is 0 Å². The van der Waals surface area contributed by atoms with Crippen LogP contribution in [-0.2, 0) is 0 Å². The van der Waals surface area contributed by atoms with Crippen molar-refractivity contribution in [2.24, 2.45) is 5.73 Å². The number of halogens is 4. The molecule has 0 spiro atoms. The van der Waals surface area contributed by atoms with Gasteiger partial charge < -0.3 is 16.8 Å². The van der Waals surface area contributed by atoms with E-state index >= 15 is 0 Å². The largest absolute Gasteiger partial charge is 0.384 e. The zero-order chi connectivity index (χ0) is 19.7. The Bertz CT molecular complexity index is 868. The van der Waals surface area contributed by atoms with Gasteiger partial charge in [-0.1, -0.05) is 0 Å². The molecule has 1 aliphatic rings. The first-order valence-electron chi connectivity index (χ1n) is 8.61. The molecule has 3 rings (SSSR count). The molecule has 0 unspecified atom stereocenters. The third-order valence-electron chi connectivity index (χ3n) is 4.81. The fraction of sp³-hybridized carbons (Fsp3) is 0.389. The van der Waals surface area contributed by atoms with Gasteiger partial charge in [0.15, 0.2) is 17.5 Å². The minimum atomic E-state index is -1.58. The molecular weight excluding hydrogens is 395 g/mol. The van der Waals surface area contributed by atoms with Crippen LogP contribution in [0.15, 0.2) is 12.1 Å². The average molecular weight is 416 g/mol. The summed E-state index contributed by atoms with van der Waals surface area (Å²) in [5, 5.41) is 3.26. The summed E-state index contributed by atoms with van der Waals surface area (Å²) in [5.41, 5.74) is 10.5. The molecule has 1 aliphatic carbocycles. The standard InChI is InChI=1S/C18H20F3N5O.ClH/c1-8-24-13(22)7-14(25-8)26-10-4-2-9(3-5-10)15-11(18(23)27)6-12(19)16(20)17(15)21;/h6-7,9-10H,2-5H2,1H3,(H2,23,27)(H3,22,24,25,26);1H. The van der Waals surface area contributed by atoms with Gasteiger partial charge >= 0.3 is 0 Å². The number of carbonyl (C=O) groups excluding carboxylic acids is 1. The summed E-state index contributed by atoms with van der Waals surface area (Å²) in [6.45, 7) is 1.73. The van der Waals surface area contributed by atoms with Gasteiger partial charge in [-0.15, -0.1) is 12.4 Å². The number of primary amides is 1. The molecule has 10 heteroatoms. The van der Waals surface area contributed by atoms with Crippen molar-refractivity contribution in [1.29, 1.82) is 0 Å². The maximum absolute atomic E-state index is 14.3. The summed E-state index contributed by atoms with van der Waals surface area (Å²) in [5.74, 6) is -4.23. The Labute approximate surface area is 166 Å². The second-order valence-electron chi connectivity index (χ2n) is 6.73. The Morgan fingerprint density at radius 2 is 1.75 bits per heavy atom. The van der Waals surface area contributed by atoms with E-state index in [-0.39, 0.29) is 29.6 Å². The molecule has 1 amide bonds. The summed E-state index contributed by atoms with van der Waals surface area (Å²) in [4.78, 5) is 19.8. The molecule has 0 aliphatic heterocycles. The minimum Gasteiger partial charge on any atom is -0.384 e. The molecule has 5 N–H and O–H groups in total. The van der Waals surface area contributed by atoms with E-state index in [0.29, 0.717) is 49.2 Å². The number of benzene rings is 1. The van der Waals surface area contributed by atoms with Crippen LogP contribution >= 0.6 is 12.4 Å². The first-order chi connectivity index (χ1) is 12.8. The van der Waals surface area contributed by atoms with Crippen LogP contribution in [0.2, 0.25) is 0 Å². The highest BCUT2D eigenvalue weighted by Crippen LogP contribution is 2.38. The lowest BCUT2D eigenvalue weighted by molar-refractivity contribution is 0.0997. The van der Waals surface area contributed by atoms with Gasteiger partial charge in [-0.05, 0) is 44.6 Å². The fourth-order valence-electron chi connectivity index (χ4n) is 3.61. The van der Waals surface area contributed by atoms with Crippen LogP contribution in [0.25, 0.3) is 0 Å². The average Bonchev–Trinajstić information content (AvgIpc) is 2.59. The Morgan fingerprint density at radius 1 is 1.11 bits per heavy atom. The van der Waals surface area contributed by atoms with Crippen molar-refractivity contribution in [1.82, 2.24) is 9.97 Å². The number of aromatic nitrogens is 2. The van der Waals surface area contributed by atoms with E-state index in [2.05, 4.69) is 15.3 Å². The minimum absolute atomic E-state index is 0. The predicted molar refractivity (Wildman–Crippen MR) is 102 cm³/mol. The molecule has 28 heavy (non-hydrogen) atoms. The molecule has 1 saturated carbocycles. The van der Waals surface area contributed by atoms with Gasteiger partial charge in [0.1, 0.15) is 17.5 Å². The van der Waals surface area contributed by atoms with Crippen molar-refractivity contribution in [3.05, 3.63) is 46.5 Å². The highest BCUT2D eigenvalue weighted by Gasteiger charge is 2.30. The SMILES string of the molecule is Cc1nc(N)cc(NC2CCC(c3c(C(N)=O)cc(F)c(F)c3F)CC2)n1.Cl. The maximum atomic E-state index is 14.3. The van der Waals surface area contributed by atoms with Crippen LogP contribution in [0.4, 0.5) is 24.8 Å². The van der Waals surface area contributed by atoms with Crippen molar-refractivity contribution in [3.63, 3.8) is 0 Å². The van der Waals surface area contributed by atoms with Crippen LogP contribution in [0.1, 0.15) is 53.3 Å². The number of rotatable bonds is 4. The number of nitrogen functional groups attached to an aromatic ring is 1. The number of nitrogens with zero attached hydrogens (tertiary/aromatic N) is 2. The molecule has 0 bridgehead atoms. The Kier molecular flexibility index (Phi) is 6.71. The highest BCUT2D eigenvalue weighted by atomic mass is 35.5. The molecule has 2 aromatic rings. The number of aryl methyl sites for hydroxylation is 1. The number of anilines is 2. The van der Waals surface area contributed by atoms with Crippen molar-refractivity contribution in [2.45, 2.75) is 44.6 Å². The van der Waals surface area contributed by atoms with E-state index in [1.54, 1.807) is 13.0 Å². The second kappa shape index (κ2) is 8.64. The molecule has 1 heterocycles. The Morgan fingerprint density at radius 3 is 2.32 bits per heavy atom. The molecule has 152 valence electrons. The smallest absolute Gasteiger partial charge is 0.249 e. The second-order valence-corrected chi connectivity index (χ2v) is 6.73. The van der Waals surface area contributed by atoms with E-state index in [1.165, 1.54) is 0 Å². The molecule has 0 atom stereocenters.